The summed E-state index contributed by atoms with van der Waals surface area (Å²) in [5.74, 6) is 0.869. The Morgan fingerprint density at radius 3 is 2.81 bits per heavy atom. The van der Waals surface area contributed by atoms with Gasteiger partial charge in [0.25, 0.3) is 5.56 Å². The molecule has 0 atom stereocenters. The highest BCUT2D eigenvalue weighted by atomic mass is 35.5. The van der Waals surface area contributed by atoms with Crippen LogP contribution in [0.5, 0.6) is 11.5 Å². The van der Waals surface area contributed by atoms with E-state index in [0.29, 0.717) is 44.1 Å². The monoisotopic (exact) mass is 471 g/mol. The summed E-state index contributed by atoms with van der Waals surface area (Å²) in [5.41, 5.74) is 1.10. The van der Waals surface area contributed by atoms with Gasteiger partial charge in [-0.05, 0) is 30.3 Å². The third-order valence-electron chi connectivity index (χ3n) is 4.53. The molecule has 0 bridgehead atoms. The Morgan fingerprint density at radius 1 is 1.22 bits per heavy atom. The van der Waals surface area contributed by atoms with Crippen molar-refractivity contribution in [1.29, 1.82) is 0 Å². The smallest absolute Gasteiger partial charge is 0.269 e. The number of anilines is 1. The molecule has 0 saturated carbocycles. The minimum absolute atomic E-state index is 0.0210. The number of aromatic nitrogens is 4. The van der Waals surface area contributed by atoms with E-state index >= 15 is 0 Å². The predicted molar refractivity (Wildman–Crippen MR) is 123 cm³/mol. The quantitative estimate of drug-likeness (QED) is 0.313. The summed E-state index contributed by atoms with van der Waals surface area (Å²) in [6.45, 7) is 0. The van der Waals surface area contributed by atoms with Crippen LogP contribution < -0.4 is 20.3 Å². The van der Waals surface area contributed by atoms with Crippen molar-refractivity contribution in [3.05, 3.63) is 64.0 Å². The number of thioether (sulfide) groups is 1. The van der Waals surface area contributed by atoms with Gasteiger partial charge in [-0.1, -0.05) is 29.4 Å². The van der Waals surface area contributed by atoms with Gasteiger partial charge in [0.15, 0.2) is 10.8 Å². The number of H-pyrrole nitrogens is 1. The molecule has 4 aromatic rings. The number of nitrogens with zero attached hydrogens (tertiary/aromatic N) is 3. The SMILES string of the molecule is COc1cccc(NC(=O)CSc2nc3[nH]ncc3c(=O)n2-c2ccc(OC)c(Cl)c2)c1. The first-order valence-electron chi connectivity index (χ1n) is 9.37. The van der Waals surface area contributed by atoms with Crippen molar-refractivity contribution in [2.45, 2.75) is 5.16 Å². The first-order valence-corrected chi connectivity index (χ1v) is 10.7. The fraction of sp³-hybridized carbons (Fsp3) is 0.143. The molecule has 4 rings (SSSR count). The van der Waals surface area contributed by atoms with Gasteiger partial charge >= 0.3 is 0 Å². The molecular formula is C21H18ClN5O4S. The summed E-state index contributed by atoms with van der Waals surface area (Å²) in [5, 5.41) is 10.4. The fourth-order valence-corrected chi connectivity index (χ4v) is 4.08. The van der Waals surface area contributed by atoms with E-state index in [4.69, 9.17) is 21.1 Å². The normalized spacial score (nSPS) is 10.8. The average molecular weight is 472 g/mol. The van der Waals surface area contributed by atoms with E-state index in [1.165, 1.54) is 17.9 Å². The highest BCUT2D eigenvalue weighted by Crippen LogP contribution is 2.28. The second-order valence-corrected chi connectivity index (χ2v) is 7.90. The van der Waals surface area contributed by atoms with Crippen molar-refractivity contribution < 1.29 is 14.3 Å². The Kier molecular flexibility index (Phi) is 6.33. The topological polar surface area (TPSA) is 111 Å². The minimum Gasteiger partial charge on any atom is -0.497 e. The van der Waals surface area contributed by atoms with Crippen molar-refractivity contribution in [1.82, 2.24) is 19.7 Å². The van der Waals surface area contributed by atoms with E-state index in [-0.39, 0.29) is 17.2 Å². The number of halogens is 1. The summed E-state index contributed by atoms with van der Waals surface area (Å²) in [6, 6.07) is 12.0. The van der Waals surface area contributed by atoms with Gasteiger partial charge in [0.05, 0.1) is 36.9 Å². The van der Waals surface area contributed by atoms with E-state index in [1.54, 1.807) is 49.6 Å². The van der Waals surface area contributed by atoms with Crippen LogP contribution in [0.3, 0.4) is 0 Å². The van der Waals surface area contributed by atoms with Crippen LogP contribution in [0, 0.1) is 0 Å². The van der Waals surface area contributed by atoms with Crippen LogP contribution in [0.25, 0.3) is 16.7 Å². The Morgan fingerprint density at radius 2 is 2.06 bits per heavy atom. The van der Waals surface area contributed by atoms with Gasteiger partial charge in [-0.15, -0.1) is 0 Å². The van der Waals surface area contributed by atoms with Crippen molar-refractivity contribution in [3.8, 4) is 17.2 Å². The predicted octanol–water partition coefficient (Wildman–Crippen LogP) is 3.51. The maximum Gasteiger partial charge on any atom is 0.269 e. The summed E-state index contributed by atoms with van der Waals surface area (Å²) in [4.78, 5) is 30.2. The number of rotatable bonds is 7. The molecule has 2 N–H and O–H groups in total. The van der Waals surface area contributed by atoms with Crippen LogP contribution in [0.1, 0.15) is 0 Å². The zero-order valence-electron chi connectivity index (χ0n) is 17.1. The maximum atomic E-state index is 13.1. The van der Waals surface area contributed by atoms with Crippen LogP contribution in [0.2, 0.25) is 5.02 Å². The third kappa shape index (κ3) is 4.41. The minimum atomic E-state index is -0.333. The number of aromatic amines is 1. The van der Waals surface area contributed by atoms with Crippen LogP contribution in [0.4, 0.5) is 5.69 Å². The lowest BCUT2D eigenvalue weighted by Crippen LogP contribution is -2.22. The Balaban J connectivity index is 1.64. The maximum absolute atomic E-state index is 13.1. The molecule has 2 aromatic heterocycles. The summed E-state index contributed by atoms with van der Waals surface area (Å²) < 4.78 is 11.8. The number of carbonyl (C=O) groups excluding carboxylic acids is 1. The highest BCUT2D eigenvalue weighted by molar-refractivity contribution is 7.99. The van der Waals surface area contributed by atoms with E-state index in [9.17, 15) is 9.59 Å². The summed E-state index contributed by atoms with van der Waals surface area (Å²) in [6.07, 6.45) is 1.41. The third-order valence-corrected chi connectivity index (χ3v) is 5.76. The molecule has 2 heterocycles. The van der Waals surface area contributed by atoms with E-state index < -0.39 is 0 Å². The lowest BCUT2D eigenvalue weighted by Gasteiger charge is -2.13. The summed E-state index contributed by atoms with van der Waals surface area (Å²) in [7, 11) is 3.06. The number of nitrogens with one attached hydrogen (secondary N) is 2. The van der Waals surface area contributed by atoms with Gasteiger partial charge in [-0.3, -0.25) is 19.3 Å². The number of methoxy groups -OCH3 is 2. The Bertz CT molecular complexity index is 1350. The largest absolute Gasteiger partial charge is 0.497 e. The zero-order chi connectivity index (χ0) is 22.7. The number of fused-ring (bicyclic) bond motifs is 1. The Hall–Kier alpha value is -3.50. The van der Waals surface area contributed by atoms with Crippen molar-refractivity contribution in [2.24, 2.45) is 0 Å². The van der Waals surface area contributed by atoms with Crippen molar-refractivity contribution in [3.63, 3.8) is 0 Å². The molecule has 0 aliphatic rings. The standard InChI is InChI=1S/C21H18ClN5O4S/c1-30-14-5-3-4-12(8-14)24-18(28)11-32-21-25-19-15(10-23-26-19)20(29)27(21)13-6-7-17(31-2)16(22)9-13/h3-10H,11H2,1-2H3,(H,23,26)(H,24,28). The molecule has 2 aromatic carbocycles. The molecule has 0 radical (unpaired) electrons. The molecule has 0 saturated heterocycles. The molecule has 164 valence electrons. The molecule has 1 amide bonds. The van der Waals surface area contributed by atoms with E-state index in [1.807, 2.05) is 0 Å². The molecule has 11 heteroatoms. The number of ether oxygens (including phenoxy) is 2. The van der Waals surface area contributed by atoms with Gasteiger partial charge in [0.2, 0.25) is 5.91 Å². The second kappa shape index (κ2) is 9.33. The van der Waals surface area contributed by atoms with Gasteiger partial charge in [-0.25, -0.2) is 4.98 Å². The zero-order valence-corrected chi connectivity index (χ0v) is 18.7. The van der Waals surface area contributed by atoms with Crippen molar-refractivity contribution in [2.75, 3.05) is 25.3 Å². The molecule has 9 nitrogen and oxygen atoms in total. The van der Waals surface area contributed by atoms with Gasteiger partial charge in [-0.2, -0.15) is 5.10 Å². The Labute approximate surface area is 191 Å². The fourth-order valence-electron chi connectivity index (χ4n) is 3.02. The first kappa shape index (κ1) is 21.7. The van der Waals surface area contributed by atoms with Crippen LogP contribution in [-0.4, -0.2) is 45.6 Å². The van der Waals surface area contributed by atoms with Crippen LogP contribution in [-0.2, 0) is 4.79 Å². The second-order valence-electron chi connectivity index (χ2n) is 6.55. The molecular weight excluding hydrogens is 454 g/mol. The molecule has 32 heavy (non-hydrogen) atoms. The lowest BCUT2D eigenvalue weighted by atomic mass is 10.3. The lowest BCUT2D eigenvalue weighted by molar-refractivity contribution is -0.113. The number of carbonyl (C=O) groups is 1. The average Bonchev–Trinajstić information content (AvgIpc) is 3.27. The van der Waals surface area contributed by atoms with Gasteiger partial charge in [0.1, 0.15) is 16.9 Å². The van der Waals surface area contributed by atoms with Gasteiger partial charge in [0, 0.05) is 11.8 Å². The molecule has 0 spiro atoms. The highest BCUT2D eigenvalue weighted by Gasteiger charge is 2.17. The number of amides is 1. The van der Waals surface area contributed by atoms with E-state index in [0.717, 1.165) is 11.8 Å². The van der Waals surface area contributed by atoms with Crippen LogP contribution in [0.15, 0.2) is 58.6 Å². The van der Waals surface area contributed by atoms with Crippen molar-refractivity contribution >= 4 is 46.0 Å². The molecule has 0 aliphatic carbocycles. The van der Waals surface area contributed by atoms with Gasteiger partial charge < -0.3 is 14.8 Å². The van der Waals surface area contributed by atoms with E-state index in [2.05, 4.69) is 20.5 Å². The molecule has 0 aliphatic heterocycles. The van der Waals surface area contributed by atoms with Crippen LogP contribution >= 0.6 is 23.4 Å². The molecule has 0 fully saturated rings. The number of benzene rings is 2. The molecule has 0 unspecified atom stereocenters. The first-order chi connectivity index (χ1) is 15.5. The number of hydrogen-bond acceptors (Lipinski definition) is 7. The summed E-state index contributed by atoms with van der Waals surface area (Å²) >= 11 is 7.38. The number of hydrogen-bond donors (Lipinski definition) is 2.